The minimum atomic E-state index is -4.01. The van der Waals surface area contributed by atoms with Crippen LogP contribution in [0.25, 0.3) is 0 Å². The molecular weight excluding hydrogens is 378 g/mol. The van der Waals surface area contributed by atoms with Crippen molar-refractivity contribution < 1.29 is 27.5 Å². The van der Waals surface area contributed by atoms with E-state index in [1.165, 1.54) is 43.5 Å². The Balaban J connectivity index is 2.11. The maximum absolute atomic E-state index is 12.1. The van der Waals surface area contributed by atoms with Crippen LogP contribution in [0.1, 0.15) is 10.4 Å². The van der Waals surface area contributed by atoms with Crippen LogP contribution in [-0.2, 0) is 19.6 Å². The summed E-state index contributed by atoms with van der Waals surface area (Å²) < 4.78 is 35.9. The van der Waals surface area contributed by atoms with Gasteiger partial charge in [-0.05, 0) is 30.3 Å². The van der Waals surface area contributed by atoms with Gasteiger partial charge in [-0.1, -0.05) is 17.7 Å². The molecule has 0 aliphatic heterocycles. The largest absolute Gasteiger partial charge is 0.482 e. The third-order valence-corrected chi connectivity index (χ3v) is 5.78. The number of amides is 1. The Hall–Kier alpha value is -2.10. The van der Waals surface area contributed by atoms with Gasteiger partial charge >= 0.3 is 5.97 Å². The van der Waals surface area contributed by atoms with Gasteiger partial charge < -0.3 is 9.47 Å². The zero-order valence-corrected chi connectivity index (χ0v) is 14.7. The number of esters is 1. The molecule has 1 N–H and O–H groups in total. The lowest BCUT2D eigenvalue weighted by Crippen LogP contribution is -2.30. The van der Waals surface area contributed by atoms with Crippen molar-refractivity contribution in [2.24, 2.45) is 0 Å². The van der Waals surface area contributed by atoms with Crippen molar-refractivity contribution in [3.63, 3.8) is 0 Å². The maximum atomic E-state index is 12.1. The molecule has 0 saturated heterocycles. The van der Waals surface area contributed by atoms with Crippen LogP contribution in [0.15, 0.2) is 40.6 Å². The van der Waals surface area contributed by atoms with Crippen LogP contribution in [0.4, 0.5) is 0 Å². The van der Waals surface area contributed by atoms with Crippen LogP contribution in [-0.4, -0.2) is 34.0 Å². The van der Waals surface area contributed by atoms with Crippen molar-refractivity contribution in [3.8, 4) is 5.75 Å². The van der Waals surface area contributed by atoms with Gasteiger partial charge in [0.15, 0.2) is 6.61 Å². The summed E-state index contributed by atoms with van der Waals surface area (Å²) in [6, 6.07) is 8.47. The first-order chi connectivity index (χ1) is 11.3. The molecule has 0 aliphatic carbocycles. The lowest BCUT2D eigenvalue weighted by atomic mass is 10.2. The van der Waals surface area contributed by atoms with Crippen LogP contribution < -0.4 is 9.46 Å². The quantitative estimate of drug-likeness (QED) is 0.759. The fraction of sp³-hybridized carbons (Fsp3) is 0.143. The summed E-state index contributed by atoms with van der Waals surface area (Å²) in [5, 5.41) is 0. The Morgan fingerprint density at radius 3 is 2.62 bits per heavy atom. The number of carbonyl (C=O) groups is 2. The van der Waals surface area contributed by atoms with E-state index in [2.05, 4.69) is 4.74 Å². The Morgan fingerprint density at radius 1 is 1.25 bits per heavy atom. The van der Waals surface area contributed by atoms with Crippen molar-refractivity contribution in [1.29, 1.82) is 0 Å². The number of nitrogens with one attached hydrogen (secondary N) is 1. The number of sulfonamides is 1. The Labute approximate surface area is 147 Å². The van der Waals surface area contributed by atoms with E-state index in [0.29, 0.717) is 4.34 Å². The van der Waals surface area contributed by atoms with Crippen molar-refractivity contribution in [3.05, 3.63) is 46.3 Å². The van der Waals surface area contributed by atoms with E-state index in [-0.39, 0.29) is 22.1 Å². The minimum absolute atomic E-state index is 0.0589. The molecule has 1 amide bonds. The second-order valence-corrected chi connectivity index (χ2v) is 8.01. The lowest BCUT2D eigenvalue weighted by Gasteiger charge is -2.08. The molecule has 0 bridgehead atoms. The van der Waals surface area contributed by atoms with Crippen LogP contribution in [0.3, 0.4) is 0 Å². The third kappa shape index (κ3) is 4.70. The molecule has 24 heavy (non-hydrogen) atoms. The SMILES string of the molecule is COC(=O)COc1cccc(C(=O)NS(=O)(=O)c2ccc(Cl)s2)c1. The second kappa shape index (κ2) is 7.65. The number of benzene rings is 1. The number of hydrogen-bond acceptors (Lipinski definition) is 7. The zero-order chi connectivity index (χ0) is 17.7. The van der Waals surface area contributed by atoms with Crippen LogP contribution in [0.2, 0.25) is 4.34 Å². The summed E-state index contributed by atoms with van der Waals surface area (Å²) in [6.45, 7) is -0.326. The number of methoxy groups -OCH3 is 1. The molecule has 7 nitrogen and oxygen atoms in total. The van der Waals surface area contributed by atoms with Crippen LogP contribution >= 0.6 is 22.9 Å². The summed E-state index contributed by atoms with van der Waals surface area (Å²) in [6.07, 6.45) is 0. The smallest absolute Gasteiger partial charge is 0.343 e. The average Bonchev–Trinajstić information content (AvgIpc) is 3.00. The van der Waals surface area contributed by atoms with Crippen LogP contribution in [0, 0.1) is 0 Å². The molecule has 1 heterocycles. The fourth-order valence-corrected chi connectivity index (χ4v) is 4.06. The lowest BCUT2D eigenvalue weighted by molar-refractivity contribution is -0.142. The molecule has 1 aromatic heterocycles. The molecule has 0 radical (unpaired) electrons. The highest BCUT2D eigenvalue weighted by Gasteiger charge is 2.21. The van der Waals surface area contributed by atoms with Gasteiger partial charge in [0.05, 0.1) is 11.4 Å². The standard InChI is InChI=1S/C14H12ClNO6S2/c1-21-12(17)8-22-10-4-2-3-9(7-10)14(18)16-24(19,20)13-6-5-11(15)23-13/h2-7H,8H2,1H3,(H,16,18). The zero-order valence-electron chi connectivity index (χ0n) is 12.3. The van der Waals surface area contributed by atoms with E-state index < -0.39 is 21.9 Å². The molecule has 1 aromatic carbocycles. The van der Waals surface area contributed by atoms with Gasteiger partial charge in [-0.15, -0.1) is 11.3 Å². The summed E-state index contributed by atoms with van der Waals surface area (Å²) in [5.74, 6) is -1.19. The van der Waals surface area contributed by atoms with E-state index >= 15 is 0 Å². The summed E-state index contributed by atoms with van der Waals surface area (Å²) in [4.78, 5) is 23.2. The van der Waals surface area contributed by atoms with Gasteiger partial charge in [-0.25, -0.2) is 17.9 Å². The first-order valence-corrected chi connectivity index (χ1v) is 9.12. The minimum Gasteiger partial charge on any atom is -0.482 e. The fourth-order valence-electron chi connectivity index (χ4n) is 1.60. The van der Waals surface area contributed by atoms with Crippen molar-refractivity contribution in [1.82, 2.24) is 4.72 Å². The summed E-state index contributed by atoms with van der Waals surface area (Å²) in [5.41, 5.74) is 0.0589. The van der Waals surface area contributed by atoms with E-state index in [1.807, 2.05) is 4.72 Å². The molecule has 0 saturated carbocycles. The number of ether oxygens (including phenoxy) is 2. The van der Waals surface area contributed by atoms with Gasteiger partial charge in [-0.3, -0.25) is 4.79 Å². The average molecular weight is 390 g/mol. The van der Waals surface area contributed by atoms with Crippen molar-refractivity contribution in [2.75, 3.05) is 13.7 Å². The predicted octanol–water partition coefficient (Wildman–Crippen LogP) is 2.07. The highest BCUT2D eigenvalue weighted by atomic mass is 35.5. The molecule has 0 atom stereocenters. The number of rotatable bonds is 6. The molecule has 0 fully saturated rings. The van der Waals surface area contributed by atoms with Crippen LogP contribution in [0.5, 0.6) is 5.75 Å². The monoisotopic (exact) mass is 389 g/mol. The molecule has 0 aliphatic rings. The van der Waals surface area contributed by atoms with Gasteiger partial charge in [-0.2, -0.15) is 0 Å². The molecule has 0 unspecified atom stereocenters. The van der Waals surface area contributed by atoms with E-state index in [1.54, 1.807) is 0 Å². The van der Waals surface area contributed by atoms with Gasteiger partial charge in [0.2, 0.25) is 0 Å². The van der Waals surface area contributed by atoms with Gasteiger partial charge in [0.1, 0.15) is 9.96 Å². The molecule has 2 aromatic rings. The predicted molar refractivity (Wildman–Crippen MR) is 87.9 cm³/mol. The first kappa shape index (κ1) is 18.2. The van der Waals surface area contributed by atoms with Crippen molar-refractivity contribution in [2.45, 2.75) is 4.21 Å². The topological polar surface area (TPSA) is 98.8 Å². The van der Waals surface area contributed by atoms with E-state index in [9.17, 15) is 18.0 Å². The Morgan fingerprint density at radius 2 is 2.00 bits per heavy atom. The molecule has 128 valence electrons. The first-order valence-electron chi connectivity index (χ1n) is 6.44. The summed E-state index contributed by atoms with van der Waals surface area (Å²) in [7, 11) is -2.79. The highest BCUT2D eigenvalue weighted by molar-refractivity contribution is 7.92. The Bertz CT molecular complexity index is 862. The van der Waals surface area contributed by atoms with Crippen molar-refractivity contribution >= 4 is 44.8 Å². The molecule has 10 heteroatoms. The second-order valence-electron chi connectivity index (χ2n) is 4.39. The van der Waals surface area contributed by atoms with E-state index in [4.69, 9.17) is 16.3 Å². The number of carbonyl (C=O) groups excluding carboxylic acids is 2. The number of thiophene rings is 1. The number of halogens is 1. The molecule has 2 rings (SSSR count). The Kier molecular flexibility index (Phi) is 5.81. The normalized spacial score (nSPS) is 10.9. The van der Waals surface area contributed by atoms with Gasteiger partial charge in [0, 0.05) is 5.56 Å². The summed E-state index contributed by atoms with van der Waals surface area (Å²) >= 11 is 6.54. The highest BCUT2D eigenvalue weighted by Crippen LogP contribution is 2.25. The molecule has 0 spiro atoms. The molecular formula is C14H12ClNO6S2. The van der Waals surface area contributed by atoms with E-state index in [0.717, 1.165) is 11.3 Å². The maximum Gasteiger partial charge on any atom is 0.343 e. The third-order valence-electron chi connectivity index (χ3n) is 2.72. The number of hydrogen-bond donors (Lipinski definition) is 1. The van der Waals surface area contributed by atoms with Gasteiger partial charge in [0.25, 0.3) is 15.9 Å².